The van der Waals surface area contributed by atoms with Gasteiger partial charge in [0.1, 0.15) is 0 Å². The molecule has 0 aliphatic heterocycles. The monoisotopic (exact) mass is 234 g/mol. The van der Waals surface area contributed by atoms with Crippen LogP contribution in [0.1, 0.15) is 43.0 Å². The summed E-state index contributed by atoms with van der Waals surface area (Å²) in [5, 5.41) is 0. The van der Waals surface area contributed by atoms with Crippen LogP contribution in [0.5, 0.6) is 0 Å². The van der Waals surface area contributed by atoms with Crippen LogP contribution in [0.2, 0.25) is 0 Å². The first-order chi connectivity index (χ1) is 7.77. The van der Waals surface area contributed by atoms with Crippen LogP contribution >= 0.6 is 11.8 Å². The van der Waals surface area contributed by atoms with E-state index in [9.17, 15) is 4.79 Å². The van der Waals surface area contributed by atoms with Crippen molar-refractivity contribution in [2.24, 2.45) is 5.92 Å². The Hall–Kier alpha value is -0.760. The van der Waals surface area contributed by atoms with Crippen LogP contribution in [0, 0.1) is 5.92 Å². The van der Waals surface area contributed by atoms with Crippen molar-refractivity contribution < 1.29 is 4.79 Å². The molecule has 1 fully saturated rings. The van der Waals surface area contributed by atoms with Crippen molar-refractivity contribution in [2.75, 3.05) is 5.75 Å². The summed E-state index contributed by atoms with van der Waals surface area (Å²) in [7, 11) is 0. The van der Waals surface area contributed by atoms with Crippen molar-refractivity contribution in [3.05, 3.63) is 29.8 Å². The van der Waals surface area contributed by atoms with E-state index in [0.717, 1.165) is 16.4 Å². The maximum atomic E-state index is 11.4. The summed E-state index contributed by atoms with van der Waals surface area (Å²) in [6, 6.07) is 7.95. The van der Waals surface area contributed by atoms with Gasteiger partial charge in [0.25, 0.3) is 0 Å². The smallest absolute Gasteiger partial charge is 0.160 e. The number of hydrogen-bond acceptors (Lipinski definition) is 2. The highest BCUT2D eigenvalue weighted by Gasteiger charge is 2.16. The summed E-state index contributed by atoms with van der Waals surface area (Å²) in [6.07, 6.45) is 5.52. The van der Waals surface area contributed by atoms with Gasteiger partial charge in [0.15, 0.2) is 5.78 Å². The average Bonchev–Trinajstić information content (AvgIpc) is 2.79. The molecule has 2 rings (SSSR count). The summed E-state index contributed by atoms with van der Waals surface area (Å²) in [4.78, 5) is 12.6. The topological polar surface area (TPSA) is 17.1 Å². The molecule has 0 bridgehead atoms. The lowest BCUT2D eigenvalue weighted by Crippen LogP contribution is -1.99. The standard InChI is InChI=1S/C14H18OS/c1-11(15)13-8-4-5-9-14(13)16-10-12-6-2-3-7-12/h4-5,8-9,12H,2-3,6-7,10H2,1H3. The van der Waals surface area contributed by atoms with E-state index in [1.165, 1.54) is 31.4 Å². The van der Waals surface area contributed by atoms with Crippen LogP contribution in [0.15, 0.2) is 29.2 Å². The Kier molecular flexibility index (Phi) is 4.05. The Labute approximate surface area is 102 Å². The summed E-state index contributed by atoms with van der Waals surface area (Å²) in [5.74, 6) is 2.21. The van der Waals surface area contributed by atoms with Gasteiger partial charge in [-0.2, -0.15) is 0 Å². The second kappa shape index (κ2) is 5.53. The molecule has 0 N–H and O–H groups in total. The average molecular weight is 234 g/mol. The Morgan fingerprint density at radius 1 is 1.31 bits per heavy atom. The zero-order valence-corrected chi connectivity index (χ0v) is 10.6. The van der Waals surface area contributed by atoms with Gasteiger partial charge in [0.05, 0.1) is 0 Å². The van der Waals surface area contributed by atoms with Crippen molar-refractivity contribution in [1.82, 2.24) is 0 Å². The van der Waals surface area contributed by atoms with Gasteiger partial charge >= 0.3 is 0 Å². The van der Waals surface area contributed by atoms with Crippen LogP contribution in [0.3, 0.4) is 0 Å². The first kappa shape index (κ1) is 11.7. The Balaban J connectivity index is 2.00. The molecule has 0 atom stereocenters. The van der Waals surface area contributed by atoms with E-state index < -0.39 is 0 Å². The molecule has 1 saturated carbocycles. The number of Topliss-reactive ketones (excluding diaryl/α,β-unsaturated/α-hetero) is 1. The number of benzene rings is 1. The van der Waals surface area contributed by atoms with Gasteiger partial charge in [-0.15, -0.1) is 11.8 Å². The van der Waals surface area contributed by atoms with Gasteiger partial charge in [0.2, 0.25) is 0 Å². The summed E-state index contributed by atoms with van der Waals surface area (Å²) < 4.78 is 0. The maximum Gasteiger partial charge on any atom is 0.160 e. The molecule has 0 amide bonds. The van der Waals surface area contributed by atoms with Gasteiger partial charge in [-0.05, 0) is 31.7 Å². The Morgan fingerprint density at radius 2 is 2.00 bits per heavy atom. The molecule has 0 heterocycles. The third kappa shape index (κ3) is 2.88. The molecule has 1 aliphatic carbocycles. The second-order valence-corrected chi connectivity index (χ2v) is 5.58. The Morgan fingerprint density at radius 3 is 2.69 bits per heavy atom. The highest BCUT2D eigenvalue weighted by atomic mass is 32.2. The molecule has 16 heavy (non-hydrogen) atoms. The molecule has 2 heteroatoms. The summed E-state index contributed by atoms with van der Waals surface area (Å²) in [6.45, 7) is 1.65. The minimum absolute atomic E-state index is 0.175. The third-order valence-electron chi connectivity index (χ3n) is 3.22. The van der Waals surface area contributed by atoms with Gasteiger partial charge in [-0.3, -0.25) is 4.79 Å². The number of thioether (sulfide) groups is 1. The molecule has 1 aromatic carbocycles. The lowest BCUT2D eigenvalue weighted by Gasteiger charge is -2.10. The Bertz CT molecular complexity index is 367. The molecule has 1 nitrogen and oxygen atoms in total. The largest absolute Gasteiger partial charge is 0.294 e. The molecule has 1 aliphatic rings. The predicted octanol–water partition coefficient (Wildman–Crippen LogP) is 4.17. The van der Waals surface area contributed by atoms with Crippen LogP contribution in [0.4, 0.5) is 0 Å². The minimum Gasteiger partial charge on any atom is -0.294 e. The fourth-order valence-electron chi connectivity index (χ4n) is 2.27. The van der Waals surface area contributed by atoms with Crippen molar-refractivity contribution in [1.29, 1.82) is 0 Å². The van der Waals surface area contributed by atoms with Crippen LogP contribution in [-0.4, -0.2) is 11.5 Å². The van der Waals surface area contributed by atoms with Gasteiger partial charge in [-0.1, -0.05) is 31.0 Å². The minimum atomic E-state index is 0.175. The normalized spacial score (nSPS) is 16.6. The van der Waals surface area contributed by atoms with E-state index >= 15 is 0 Å². The van der Waals surface area contributed by atoms with E-state index in [1.807, 2.05) is 30.0 Å². The quantitative estimate of drug-likeness (QED) is 0.574. The third-order valence-corrected chi connectivity index (χ3v) is 4.52. The number of hydrogen-bond donors (Lipinski definition) is 0. The number of carbonyl (C=O) groups excluding carboxylic acids is 1. The zero-order chi connectivity index (χ0) is 11.4. The van der Waals surface area contributed by atoms with E-state index in [0.29, 0.717) is 0 Å². The SMILES string of the molecule is CC(=O)c1ccccc1SCC1CCCC1. The van der Waals surface area contributed by atoms with Gasteiger partial charge in [0, 0.05) is 16.2 Å². The highest BCUT2D eigenvalue weighted by molar-refractivity contribution is 7.99. The first-order valence-electron chi connectivity index (χ1n) is 6.00. The van der Waals surface area contributed by atoms with E-state index in [2.05, 4.69) is 6.07 Å². The van der Waals surface area contributed by atoms with E-state index in [1.54, 1.807) is 6.92 Å². The van der Waals surface area contributed by atoms with Gasteiger partial charge < -0.3 is 0 Å². The lowest BCUT2D eigenvalue weighted by atomic mass is 10.1. The molecule has 86 valence electrons. The zero-order valence-electron chi connectivity index (χ0n) is 9.74. The fourth-order valence-corrected chi connectivity index (χ4v) is 3.56. The van der Waals surface area contributed by atoms with Crippen LogP contribution < -0.4 is 0 Å². The van der Waals surface area contributed by atoms with Crippen molar-refractivity contribution in [2.45, 2.75) is 37.5 Å². The predicted molar refractivity (Wildman–Crippen MR) is 69.1 cm³/mol. The van der Waals surface area contributed by atoms with E-state index in [-0.39, 0.29) is 5.78 Å². The van der Waals surface area contributed by atoms with Crippen molar-refractivity contribution in [3.63, 3.8) is 0 Å². The molecule has 0 aromatic heterocycles. The second-order valence-electron chi connectivity index (χ2n) is 4.51. The fraction of sp³-hybridized carbons (Fsp3) is 0.500. The number of carbonyl (C=O) groups is 1. The first-order valence-corrected chi connectivity index (χ1v) is 6.98. The molecular weight excluding hydrogens is 216 g/mol. The summed E-state index contributed by atoms with van der Waals surface area (Å²) in [5.41, 5.74) is 0.880. The van der Waals surface area contributed by atoms with Gasteiger partial charge in [-0.25, -0.2) is 0 Å². The van der Waals surface area contributed by atoms with E-state index in [4.69, 9.17) is 0 Å². The summed E-state index contributed by atoms with van der Waals surface area (Å²) >= 11 is 1.85. The van der Waals surface area contributed by atoms with Crippen molar-refractivity contribution >= 4 is 17.5 Å². The number of rotatable bonds is 4. The maximum absolute atomic E-state index is 11.4. The molecule has 1 aromatic rings. The lowest BCUT2D eigenvalue weighted by molar-refractivity contribution is 0.101. The molecule has 0 radical (unpaired) electrons. The molecular formula is C14H18OS. The van der Waals surface area contributed by atoms with Crippen molar-refractivity contribution in [3.8, 4) is 0 Å². The highest BCUT2D eigenvalue weighted by Crippen LogP contribution is 2.32. The molecule has 0 unspecified atom stereocenters. The molecule has 0 saturated heterocycles. The van der Waals surface area contributed by atoms with Crippen LogP contribution in [0.25, 0.3) is 0 Å². The number of ketones is 1. The van der Waals surface area contributed by atoms with Crippen LogP contribution in [-0.2, 0) is 0 Å². The molecule has 0 spiro atoms.